The number of carbonyl (C=O) groups is 2. The van der Waals surface area contributed by atoms with Crippen LogP contribution in [0.2, 0.25) is 5.02 Å². The highest BCUT2D eigenvalue weighted by atomic mass is 35.5. The van der Waals surface area contributed by atoms with Crippen LogP contribution in [0.5, 0.6) is 11.5 Å². The molecule has 4 aromatic rings. The Morgan fingerprint density at radius 3 is 2.04 bits per heavy atom. The van der Waals surface area contributed by atoms with Crippen LogP contribution in [-0.2, 0) is 32.6 Å². The number of sulfonamides is 1. The van der Waals surface area contributed by atoms with Gasteiger partial charge in [0, 0.05) is 30.6 Å². The highest BCUT2D eigenvalue weighted by molar-refractivity contribution is 7.92. The Labute approximate surface area is 282 Å². The summed E-state index contributed by atoms with van der Waals surface area (Å²) < 4.78 is 40.3. The lowest BCUT2D eigenvalue weighted by molar-refractivity contribution is -0.140. The van der Waals surface area contributed by atoms with Crippen LogP contribution in [0.25, 0.3) is 0 Å². The Balaban J connectivity index is 1.79. The Morgan fingerprint density at radius 2 is 1.45 bits per heavy atom. The fourth-order valence-electron chi connectivity index (χ4n) is 5.08. The highest BCUT2D eigenvalue weighted by Crippen LogP contribution is 2.33. The van der Waals surface area contributed by atoms with Crippen LogP contribution in [0, 0.1) is 0 Å². The molecule has 0 unspecified atom stereocenters. The van der Waals surface area contributed by atoms with E-state index >= 15 is 0 Å². The summed E-state index contributed by atoms with van der Waals surface area (Å²) in [5.41, 5.74) is 1.88. The van der Waals surface area contributed by atoms with Gasteiger partial charge in [-0.3, -0.25) is 13.9 Å². The van der Waals surface area contributed by atoms with Crippen molar-refractivity contribution in [2.75, 3.05) is 31.6 Å². The van der Waals surface area contributed by atoms with Crippen molar-refractivity contribution < 1.29 is 27.5 Å². The number of methoxy groups -OCH3 is 2. The topological polar surface area (TPSA) is 105 Å². The number of rotatable bonds is 16. The molecule has 0 fully saturated rings. The molecule has 1 N–H and O–H groups in total. The maximum Gasteiger partial charge on any atom is 0.264 e. The molecule has 1 atom stereocenters. The summed E-state index contributed by atoms with van der Waals surface area (Å²) >= 11 is 6.15. The van der Waals surface area contributed by atoms with Crippen molar-refractivity contribution in [2.45, 2.75) is 43.7 Å². The number of hydrogen-bond donors (Lipinski definition) is 1. The smallest absolute Gasteiger partial charge is 0.264 e. The number of halogens is 1. The molecular formula is C36H40ClN3O6S. The summed E-state index contributed by atoms with van der Waals surface area (Å²) in [6.07, 6.45) is 1.91. The molecule has 2 amide bonds. The molecule has 9 nitrogen and oxygen atoms in total. The normalized spacial score (nSPS) is 11.7. The summed E-state index contributed by atoms with van der Waals surface area (Å²) in [5.74, 6) is -0.299. The molecule has 0 aliphatic carbocycles. The second-order valence-corrected chi connectivity index (χ2v) is 13.2. The van der Waals surface area contributed by atoms with E-state index in [1.807, 2.05) is 67.6 Å². The molecule has 4 aromatic carbocycles. The van der Waals surface area contributed by atoms with Crippen molar-refractivity contribution >= 4 is 39.1 Å². The first-order chi connectivity index (χ1) is 22.7. The van der Waals surface area contributed by atoms with E-state index in [-0.39, 0.29) is 35.2 Å². The molecule has 11 heteroatoms. The molecule has 0 saturated heterocycles. The van der Waals surface area contributed by atoms with Gasteiger partial charge < -0.3 is 19.7 Å². The van der Waals surface area contributed by atoms with Crippen LogP contribution in [0.1, 0.15) is 30.9 Å². The first-order valence-corrected chi connectivity index (χ1v) is 17.1. The zero-order valence-electron chi connectivity index (χ0n) is 26.8. The van der Waals surface area contributed by atoms with Gasteiger partial charge in [-0.15, -0.1) is 0 Å². The highest BCUT2D eigenvalue weighted by Gasteiger charge is 2.35. The molecule has 0 bridgehead atoms. The number of nitrogens with zero attached hydrogens (tertiary/aromatic N) is 2. The van der Waals surface area contributed by atoms with Crippen LogP contribution >= 0.6 is 11.6 Å². The fourth-order valence-corrected chi connectivity index (χ4v) is 6.64. The largest absolute Gasteiger partial charge is 0.493 e. The van der Waals surface area contributed by atoms with E-state index in [1.165, 1.54) is 49.5 Å². The number of nitrogens with one attached hydrogen (secondary N) is 1. The zero-order chi connectivity index (χ0) is 33.8. The lowest BCUT2D eigenvalue weighted by Crippen LogP contribution is -2.53. The molecule has 47 heavy (non-hydrogen) atoms. The van der Waals surface area contributed by atoms with Crippen molar-refractivity contribution in [2.24, 2.45) is 0 Å². The maximum absolute atomic E-state index is 14.5. The number of ether oxygens (including phenoxy) is 2. The molecule has 248 valence electrons. The quantitative estimate of drug-likeness (QED) is 0.144. The lowest BCUT2D eigenvalue weighted by atomic mass is 10.0. The van der Waals surface area contributed by atoms with Gasteiger partial charge in [0.2, 0.25) is 11.8 Å². The van der Waals surface area contributed by atoms with Crippen molar-refractivity contribution in [3.05, 3.63) is 119 Å². The fraction of sp³-hybridized carbons (Fsp3) is 0.278. The lowest BCUT2D eigenvalue weighted by Gasteiger charge is -2.34. The number of unbranched alkanes of at least 4 members (excludes halogenated alkanes) is 1. The van der Waals surface area contributed by atoms with E-state index in [4.69, 9.17) is 21.1 Å². The average molecular weight is 678 g/mol. The maximum atomic E-state index is 14.5. The summed E-state index contributed by atoms with van der Waals surface area (Å²) in [6.45, 7) is 1.99. The van der Waals surface area contributed by atoms with Gasteiger partial charge in [-0.05, 0) is 53.9 Å². The van der Waals surface area contributed by atoms with Crippen LogP contribution < -0.4 is 19.1 Å². The third-order valence-corrected chi connectivity index (χ3v) is 9.65. The molecule has 0 aromatic heterocycles. The van der Waals surface area contributed by atoms with Crippen molar-refractivity contribution in [3.8, 4) is 11.5 Å². The summed E-state index contributed by atoms with van der Waals surface area (Å²) in [7, 11) is -1.48. The molecule has 0 aliphatic heterocycles. The van der Waals surface area contributed by atoms with E-state index in [0.717, 1.165) is 28.3 Å². The predicted octanol–water partition coefficient (Wildman–Crippen LogP) is 6.11. The van der Waals surface area contributed by atoms with Gasteiger partial charge in [0.1, 0.15) is 12.6 Å². The first kappa shape index (κ1) is 35.3. The molecule has 0 aliphatic rings. The minimum Gasteiger partial charge on any atom is -0.493 e. The minimum absolute atomic E-state index is 0.0865. The van der Waals surface area contributed by atoms with Crippen molar-refractivity contribution in [1.82, 2.24) is 10.2 Å². The molecule has 0 radical (unpaired) electrons. The summed E-state index contributed by atoms with van der Waals surface area (Å²) in [4.78, 5) is 29.7. The van der Waals surface area contributed by atoms with Gasteiger partial charge in [0.15, 0.2) is 11.5 Å². The Kier molecular flexibility index (Phi) is 12.7. The minimum atomic E-state index is -4.34. The third kappa shape index (κ3) is 9.27. The van der Waals surface area contributed by atoms with Gasteiger partial charge in [-0.1, -0.05) is 85.6 Å². The van der Waals surface area contributed by atoms with Gasteiger partial charge >= 0.3 is 0 Å². The monoisotopic (exact) mass is 677 g/mol. The van der Waals surface area contributed by atoms with Crippen LogP contribution in [-0.4, -0.2) is 58.5 Å². The third-order valence-electron chi connectivity index (χ3n) is 7.63. The van der Waals surface area contributed by atoms with E-state index < -0.39 is 28.5 Å². The van der Waals surface area contributed by atoms with E-state index in [0.29, 0.717) is 17.3 Å². The predicted molar refractivity (Wildman–Crippen MR) is 184 cm³/mol. The van der Waals surface area contributed by atoms with Gasteiger partial charge in [-0.2, -0.15) is 0 Å². The second kappa shape index (κ2) is 16.9. The number of hydrogen-bond acceptors (Lipinski definition) is 6. The van der Waals surface area contributed by atoms with E-state index in [1.54, 1.807) is 12.1 Å². The SMILES string of the molecule is CCCCNC(=O)[C@H](Cc1ccccc1)N(Cc1ccccc1)C(=O)CN(c1ccc(Cl)cc1)S(=O)(=O)c1ccc(OC)c(OC)c1. The van der Waals surface area contributed by atoms with Crippen molar-refractivity contribution in [1.29, 1.82) is 0 Å². The van der Waals surface area contributed by atoms with E-state index in [9.17, 15) is 18.0 Å². The zero-order valence-corrected chi connectivity index (χ0v) is 28.3. The molecule has 0 spiro atoms. The average Bonchev–Trinajstić information content (AvgIpc) is 3.09. The van der Waals surface area contributed by atoms with Crippen LogP contribution in [0.15, 0.2) is 108 Å². The summed E-state index contributed by atoms with van der Waals surface area (Å²) in [5, 5.41) is 3.39. The molecular weight excluding hydrogens is 638 g/mol. The number of anilines is 1. The number of benzene rings is 4. The summed E-state index contributed by atoms with van der Waals surface area (Å²) in [6, 6.07) is 28.3. The van der Waals surface area contributed by atoms with Gasteiger partial charge in [0.25, 0.3) is 10.0 Å². The Hall–Kier alpha value is -4.54. The van der Waals surface area contributed by atoms with Gasteiger partial charge in [0.05, 0.1) is 24.8 Å². The standard InChI is InChI=1S/C36H40ClN3O6S/c1-4-5-22-38-36(42)32(23-27-12-8-6-9-13-27)39(25-28-14-10-7-11-15-28)35(41)26-40(30-18-16-29(37)17-19-30)47(43,44)31-20-21-33(45-2)34(24-31)46-3/h6-21,24,32H,4-5,22-23,25-26H2,1-3H3,(H,38,42)/t32-/m0/s1. The molecule has 4 rings (SSSR count). The van der Waals surface area contributed by atoms with Crippen LogP contribution in [0.4, 0.5) is 5.69 Å². The van der Waals surface area contributed by atoms with Gasteiger partial charge in [-0.25, -0.2) is 8.42 Å². The Morgan fingerprint density at radius 1 is 0.830 bits per heavy atom. The Bertz CT molecular complexity index is 1720. The molecule has 0 heterocycles. The first-order valence-electron chi connectivity index (χ1n) is 15.3. The molecule has 0 saturated carbocycles. The number of amides is 2. The van der Waals surface area contributed by atoms with Crippen molar-refractivity contribution in [3.63, 3.8) is 0 Å². The van der Waals surface area contributed by atoms with E-state index in [2.05, 4.69) is 5.32 Å². The number of carbonyl (C=O) groups excluding carboxylic acids is 2. The van der Waals surface area contributed by atoms with Crippen LogP contribution in [0.3, 0.4) is 0 Å². The second-order valence-electron chi connectivity index (χ2n) is 10.9.